The fourth-order valence-corrected chi connectivity index (χ4v) is 1.54. The number of aromatic amines is 1. The molecule has 1 aromatic carbocycles. The van der Waals surface area contributed by atoms with Crippen molar-refractivity contribution in [3.8, 4) is 0 Å². The summed E-state index contributed by atoms with van der Waals surface area (Å²) in [5, 5.41) is 9.11. The average Bonchev–Trinajstić information content (AvgIpc) is 2.83. The molecular weight excluding hydrogens is 264 g/mol. The molecule has 2 rings (SSSR count). The van der Waals surface area contributed by atoms with E-state index in [1.54, 1.807) is 0 Å². The van der Waals surface area contributed by atoms with Gasteiger partial charge in [0.2, 0.25) is 0 Å². The minimum atomic E-state index is -4.69. The molecule has 0 radical (unpaired) electrons. The normalized spacial score (nSPS) is 11.8. The minimum Gasteiger partial charge on any atom is -0.306 e. The molecule has 0 unspecified atom stereocenters. The summed E-state index contributed by atoms with van der Waals surface area (Å²) in [6.45, 7) is 0.503. The van der Waals surface area contributed by atoms with Gasteiger partial charge in [-0.25, -0.2) is 9.37 Å². The van der Waals surface area contributed by atoms with Crippen LogP contribution < -0.4 is 5.32 Å². The molecule has 8 heteroatoms. The van der Waals surface area contributed by atoms with Gasteiger partial charge in [-0.05, 0) is 17.7 Å². The van der Waals surface area contributed by atoms with Gasteiger partial charge in [0.1, 0.15) is 18.0 Å². The molecule has 2 N–H and O–H groups in total. The third-order valence-electron chi connectivity index (χ3n) is 2.42. The molecule has 0 aliphatic heterocycles. The van der Waals surface area contributed by atoms with Crippen molar-refractivity contribution >= 4 is 0 Å². The van der Waals surface area contributed by atoms with Gasteiger partial charge in [-0.1, -0.05) is 6.07 Å². The van der Waals surface area contributed by atoms with Gasteiger partial charge in [0.25, 0.3) is 0 Å². The topological polar surface area (TPSA) is 53.6 Å². The van der Waals surface area contributed by atoms with Crippen molar-refractivity contribution < 1.29 is 17.6 Å². The first-order chi connectivity index (χ1) is 8.97. The summed E-state index contributed by atoms with van der Waals surface area (Å²) in [4.78, 5) is 3.85. The summed E-state index contributed by atoms with van der Waals surface area (Å²) in [6, 6.07) is 2.91. The van der Waals surface area contributed by atoms with E-state index in [4.69, 9.17) is 0 Å². The van der Waals surface area contributed by atoms with E-state index in [-0.39, 0.29) is 6.54 Å². The lowest BCUT2D eigenvalue weighted by Crippen LogP contribution is -2.15. The fraction of sp³-hybridized carbons (Fsp3) is 0.273. The Labute approximate surface area is 105 Å². The molecule has 1 aromatic heterocycles. The van der Waals surface area contributed by atoms with E-state index in [0.29, 0.717) is 17.9 Å². The van der Waals surface area contributed by atoms with Crippen LogP contribution in [0, 0.1) is 5.82 Å². The van der Waals surface area contributed by atoms with E-state index in [1.165, 1.54) is 12.4 Å². The van der Waals surface area contributed by atoms with Gasteiger partial charge in [-0.3, -0.25) is 5.10 Å². The number of H-pyrrole nitrogens is 1. The van der Waals surface area contributed by atoms with Gasteiger partial charge in [0, 0.05) is 6.54 Å². The maximum atomic E-state index is 13.0. The number of nitrogens with one attached hydrogen (secondary N) is 2. The summed E-state index contributed by atoms with van der Waals surface area (Å²) in [6.07, 6.45) is -3.36. The zero-order valence-electron chi connectivity index (χ0n) is 9.63. The third kappa shape index (κ3) is 3.50. The number of alkyl halides is 3. The van der Waals surface area contributed by atoms with Crippen LogP contribution in [0.25, 0.3) is 0 Å². The molecule has 0 aliphatic rings. The molecule has 0 aliphatic carbocycles. The number of rotatable bonds is 4. The Morgan fingerprint density at radius 3 is 2.63 bits per heavy atom. The van der Waals surface area contributed by atoms with Gasteiger partial charge >= 0.3 is 6.18 Å². The van der Waals surface area contributed by atoms with Gasteiger partial charge in [0.15, 0.2) is 0 Å². The Morgan fingerprint density at radius 1 is 1.21 bits per heavy atom. The van der Waals surface area contributed by atoms with Crippen LogP contribution in [0.3, 0.4) is 0 Å². The van der Waals surface area contributed by atoms with Crippen molar-refractivity contribution in [3.05, 3.63) is 47.3 Å². The highest BCUT2D eigenvalue weighted by atomic mass is 19.4. The van der Waals surface area contributed by atoms with Crippen LogP contribution in [-0.2, 0) is 19.3 Å². The van der Waals surface area contributed by atoms with Gasteiger partial charge in [0.05, 0.1) is 12.1 Å². The molecule has 1 heterocycles. The first-order valence-electron chi connectivity index (χ1n) is 5.37. The van der Waals surface area contributed by atoms with Crippen LogP contribution in [0.2, 0.25) is 0 Å². The molecule has 0 fully saturated rings. The highest BCUT2D eigenvalue weighted by Crippen LogP contribution is 2.31. The van der Waals surface area contributed by atoms with Gasteiger partial charge < -0.3 is 5.32 Å². The molecule has 4 nitrogen and oxygen atoms in total. The maximum Gasteiger partial charge on any atom is 0.419 e. The lowest BCUT2D eigenvalue weighted by atomic mass is 10.1. The Hall–Kier alpha value is -1.96. The number of hydrogen-bond acceptors (Lipinski definition) is 3. The number of nitrogens with zero attached hydrogens (tertiary/aromatic N) is 2. The molecule has 0 amide bonds. The molecule has 0 atom stereocenters. The van der Waals surface area contributed by atoms with Crippen molar-refractivity contribution in [2.75, 3.05) is 0 Å². The second-order valence-electron chi connectivity index (χ2n) is 3.85. The predicted molar refractivity (Wildman–Crippen MR) is 58.3 cm³/mol. The predicted octanol–water partition coefficient (Wildman–Crippen LogP) is 2.25. The van der Waals surface area contributed by atoms with Crippen LogP contribution in [0.1, 0.15) is 17.0 Å². The lowest BCUT2D eigenvalue weighted by Gasteiger charge is -2.10. The number of hydrogen-bond donors (Lipinski definition) is 2. The van der Waals surface area contributed by atoms with Crippen LogP contribution in [-0.4, -0.2) is 15.2 Å². The quantitative estimate of drug-likeness (QED) is 0.841. The Kier molecular flexibility index (Phi) is 3.79. The summed E-state index contributed by atoms with van der Waals surface area (Å²) in [5.41, 5.74) is -0.917. The monoisotopic (exact) mass is 274 g/mol. The van der Waals surface area contributed by atoms with Crippen LogP contribution in [0.15, 0.2) is 24.5 Å². The van der Waals surface area contributed by atoms with Crippen molar-refractivity contribution in [2.24, 2.45) is 0 Å². The molecule has 2 aromatic rings. The van der Waals surface area contributed by atoms with Crippen LogP contribution in [0.5, 0.6) is 0 Å². The zero-order valence-corrected chi connectivity index (χ0v) is 9.63. The van der Waals surface area contributed by atoms with Crippen molar-refractivity contribution in [1.29, 1.82) is 0 Å². The average molecular weight is 274 g/mol. The fourth-order valence-electron chi connectivity index (χ4n) is 1.54. The van der Waals surface area contributed by atoms with Gasteiger partial charge in [-0.2, -0.15) is 18.3 Å². The molecule has 0 spiro atoms. The SMILES string of the molecule is Fc1ccc(CNCc2ncn[nH]2)cc1C(F)(F)F. The second-order valence-corrected chi connectivity index (χ2v) is 3.85. The highest BCUT2D eigenvalue weighted by molar-refractivity contribution is 5.27. The van der Waals surface area contributed by atoms with Crippen LogP contribution in [0.4, 0.5) is 17.6 Å². The number of aromatic nitrogens is 3. The van der Waals surface area contributed by atoms with Crippen molar-refractivity contribution in [3.63, 3.8) is 0 Å². The summed E-state index contributed by atoms with van der Waals surface area (Å²) in [7, 11) is 0. The maximum absolute atomic E-state index is 13.0. The Morgan fingerprint density at radius 2 is 2.00 bits per heavy atom. The molecule has 0 saturated heterocycles. The van der Waals surface area contributed by atoms with Crippen molar-refractivity contribution in [1.82, 2.24) is 20.5 Å². The third-order valence-corrected chi connectivity index (χ3v) is 2.42. The molecule has 19 heavy (non-hydrogen) atoms. The largest absolute Gasteiger partial charge is 0.419 e. The number of benzene rings is 1. The molecule has 0 bridgehead atoms. The van der Waals surface area contributed by atoms with E-state index in [2.05, 4.69) is 20.5 Å². The smallest absolute Gasteiger partial charge is 0.306 e. The Balaban J connectivity index is 2.01. The zero-order chi connectivity index (χ0) is 13.9. The first kappa shape index (κ1) is 13.5. The number of halogens is 4. The van der Waals surface area contributed by atoms with E-state index < -0.39 is 17.6 Å². The molecule has 0 saturated carbocycles. The van der Waals surface area contributed by atoms with E-state index >= 15 is 0 Å². The minimum absolute atomic E-state index is 0.171. The standard InChI is InChI=1S/C11H10F4N4/c12-9-2-1-7(3-8(9)11(13,14)15)4-16-5-10-17-6-18-19-10/h1-3,6,16H,4-5H2,(H,17,18,19). The van der Waals surface area contributed by atoms with E-state index in [1.807, 2.05) is 0 Å². The first-order valence-corrected chi connectivity index (χ1v) is 5.37. The van der Waals surface area contributed by atoms with E-state index in [0.717, 1.165) is 12.1 Å². The summed E-state index contributed by atoms with van der Waals surface area (Å²) >= 11 is 0. The highest BCUT2D eigenvalue weighted by Gasteiger charge is 2.34. The molecule has 102 valence electrons. The van der Waals surface area contributed by atoms with Crippen molar-refractivity contribution in [2.45, 2.75) is 19.3 Å². The van der Waals surface area contributed by atoms with Gasteiger partial charge in [-0.15, -0.1) is 0 Å². The van der Waals surface area contributed by atoms with E-state index in [9.17, 15) is 17.6 Å². The lowest BCUT2D eigenvalue weighted by molar-refractivity contribution is -0.140. The second kappa shape index (κ2) is 5.35. The van der Waals surface area contributed by atoms with Crippen LogP contribution >= 0.6 is 0 Å². The molecular formula is C11H10F4N4. The summed E-state index contributed by atoms with van der Waals surface area (Å²) < 4.78 is 50.5. The summed E-state index contributed by atoms with van der Waals surface area (Å²) in [5.74, 6) is -0.704. The Bertz CT molecular complexity index is 536.